The van der Waals surface area contributed by atoms with Crippen LogP contribution in [-0.4, -0.2) is 0 Å². The first kappa shape index (κ1) is 9.05. The highest BCUT2D eigenvalue weighted by Gasteiger charge is 2.27. The third-order valence-corrected chi connectivity index (χ3v) is 3.64. The zero-order valence-electron chi connectivity index (χ0n) is 8.84. The van der Waals surface area contributed by atoms with Crippen molar-refractivity contribution in [2.75, 3.05) is 0 Å². The number of hydrogen-bond donors (Lipinski definition) is 0. The van der Waals surface area contributed by atoms with Crippen molar-refractivity contribution >= 4 is 0 Å². The lowest BCUT2D eigenvalue weighted by molar-refractivity contribution is 0.523. The molecule has 0 heteroatoms. The topological polar surface area (TPSA) is 0 Å². The molecule has 2 aliphatic rings. The molecule has 0 unspecified atom stereocenters. The summed E-state index contributed by atoms with van der Waals surface area (Å²) in [6, 6.07) is 0. The van der Waals surface area contributed by atoms with Gasteiger partial charge in [0.2, 0.25) is 0 Å². The fraction of sp³-hybridized carbons (Fsp3) is 0.692. The number of hydrogen-bond acceptors (Lipinski definition) is 0. The van der Waals surface area contributed by atoms with Gasteiger partial charge in [-0.15, -0.1) is 0 Å². The summed E-state index contributed by atoms with van der Waals surface area (Å²) in [7, 11) is 0. The highest BCUT2D eigenvalue weighted by Crippen LogP contribution is 2.41. The van der Waals surface area contributed by atoms with Gasteiger partial charge < -0.3 is 0 Å². The van der Waals surface area contributed by atoms with E-state index in [9.17, 15) is 0 Å². The van der Waals surface area contributed by atoms with E-state index >= 15 is 0 Å². The summed E-state index contributed by atoms with van der Waals surface area (Å²) >= 11 is 0. The molecular formula is C13H20. The van der Waals surface area contributed by atoms with Gasteiger partial charge in [-0.2, -0.15) is 0 Å². The van der Waals surface area contributed by atoms with Crippen molar-refractivity contribution in [3.8, 4) is 0 Å². The van der Waals surface area contributed by atoms with Gasteiger partial charge in [0.1, 0.15) is 0 Å². The molecule has 0 heterocycles. The summed E-state index contributed by atoms with van der Waals surface area (Å²) in [5.74, 6) is 1.78. The third kappa shape index (κ3) is 1.72. The molecule has 0 N–H and O–H groups in total. The van der Waals surface area contributed by atoms with E-state index < -0.39 is 0 Å². The van der Waals surface area contributed by atoms with Gasteiger partial charge in [-0.3, -0.25) is 0 Å². The Balaban J connectivity index is 2.11. The van der Waals surface area contributed by atoms with Crippen LogP contribution in [0.3, 0.4) is 0 Å². The molecule has 0 fully saturated rings. The first-order chi connectivity index (χ1) is 6.33. The largest absolute Gasteiger partial charge is 0.0847 e. The van der Waals surface area contributed by atoms with Gasteiger partial charge in [0, 0.05) is 0 Å². The minimum atomic E-state index is 0.883. The van der Waals surface area contributed by atoms with Crippen molar-refractivity contribution in [3.05, 3.63) is 23.3 Å². The molecule has 0 aromatic heterocycles. The van der Waals surface area contributed by atoms with E-state index in [4.69, 9.17) is 0 Å². The van der Waals surface area contributed by atoms with E-state index in [2.05, 4.69) is 26.0 Å². The molecule has 72 valence electrons. The highest BCUT2D eigenvalue weighted by molar-refractivity contribution is 5.22. The van der Waals surface area contributed by atoms with Crippen LogP contribution in [0.25, 0.3) is 0 Å². The molecular weight excluding hydrogens is 156 g/mol. The monoisotopic (exact) mass is 176 g/mol. The van der Waals surface area contributed by atoms with Crippen LogP contribution >= 0.6 is 0 Å². The second-order valence-electron chi connectivity index (χ2n) is 4.44. The van der Waals surface area contributed by atoms with Crippen LogP contribution in [0.4, 0.5) is 0 Å². The Bertz CT molecular complexity index is 245. The number of rotatable bonds is 2. The molecule has 0 radical (unpaired) electrons. The van der Waals surface area contributed by atoms with Gasteiger partial charge in [-0.25, -0.2) is 0 Å². The maximum Gasteiger partial charge on any atom is -0.0163 e. The first-order valence-electron chi connectivity index (χ1n) is 5.72. The maximum absolute atomic E-state index is 2.56. The maximum atomic E-state index is 2.56. The van der Waals surface area contributed by atoms with Crippen molar-refractivity contribution in [1.82, 2.24) is 0 Å². The average molecular weight is 176 g/mol. The Labute approximate surface area is 81.7 Å². The molecule has 0 aliphatic heterocycles. The predicted octanol–water partition coefficient (Wildman–Crippen LogP) is 4.09. The third-order valence-electron chi connectivity index (χ3n) is 3.64. The van der Waals surface area contributed by atoms with Crippen LogP contribution < -0.4 is 0 Å². The quantitative estimate of drug-likeness (QED) is 0.556. The van der Waals surface area contributed by atoms with Gasteiger partial charge in [0.25, 0.3) is 0 Å². The predicted molar refractivity (Wildman–Crippen MR) is 57.6 cm³/mol. The Morgan fingerprint density at radius 2 is 2.15 bits per heavy atom. The molecule has 2 rings (SSSR count). The smallest absolute Gasteiger partial charge is 0.0163 e. The minimum Gasteiger partial charge on any atom is -0.0847 e. The first-order valence-corrected chi connectivity index (χ1v) is 5.72. The second-order valence-corrected chi connectivity index (χ2v) is 4.44. The highest BCUT2D eigenvalue weighted by atomic mass is 14.3. The fourth-order valence-corrected chi connectivity index (χ4v) is 2.84. The van der Waals surface area contributed by atoms with Crippen molar-refractivity contribution in [1.29, 1.82) is 0 Å². The fourth-order valence-electron chi connectivity index (χ4n) is 2.84. The van der Waals surface area contributed by atoms with Crippen molar-refractivity contribution in [2.45, 2.75) is 46.0 Å². The molecule has 0 aromatic rings. The lowest BCUT2D eigenvalue weighted by atomic mass is 9.96. The summed E-state index contributed by atoms with van der Waals surface area (Å²) in [6.45, 7) is 4.59. The van der Waals surface area contributed by atoms with E-state index in [1.807, 2.05) is 0 Å². The zero-order valence-corrected chi connectivity index (χ0v) is 8.84. The van der Waals surface area contributed by atoms with Crippen LogP contribution in [0.5, 0.6) is 0 Å². The zero-order chi connectivity index (χ0) is 9.26. The van der Waals surface area contributed by atoms with Gasteiger partial charge in [0.15, 0.2) is 0 Å². The molecule has 0 spiro atoms. The number of fused-ring (bicyclic) bond motifs is 2. The Kier molecular flexibility index (Phi) is 2.57. The lowest BCUT2D eigenvalue weighted by Crippen LogP contribution is -1.97. The van der Waals surface area contributed by atoms with Crippen LogP contribution in [0.1, 0.15) is 46.0 Å². The van der Waals surface area contributed by atoms with Crippen LogP contribution in [0.15, 0.2) is 23.3 Å². The van der Waals surface area contributed by atoms with Crippen LogP contribution in [-0.2, 0) is 0 Å². The van der Waals surface area contributed by atoms with Crippen molar-refractivity contribution in [2.24, 2.45) is 11.8 Å². The SMILES string of the molecule is CCC1=CC[C@H]2C[C@H](C=C2CC)C1. The second kappa shape index (κ2) is 3.69. The van der Waals surface area contributed by atoms with Crippen molar-refractivity contribution < 1.29 is 0 Å². The van der Waals surface area contributed by atoms with E-state index in [-0.39, 0.29) is 0 Å². The minimum absolute atomic E-state index is 0.883. The molecule has 0 nitrogen and oxygen atoms in total. The summed E-state index contributed by atoms with van der Waals surface area (Å²) in [6.07, 6.45) is 11.7. The van der Waals surface area contributed by atoms with E-state index in [1.54, 1.807) is 11.1 Å². The molecule has 0 amide bonds. The molecule has 13 heavy (non-hydrogen) atoms. The molecule has 2 aliphatic carbocycles. The molecule has 2 bridgehead atoms. The molecule has 0 aromatic carbocycles. The summed E-state index contributed by atoms with van der Waals surface area (Å²) in [5.41, 5.74) is 3.43. The molecule has 0 saturated heterocycles. The van der Waals surface area contributed by atoms with E-state index in [0.717, 1.165) is 11.8 Å². The van der Waals surface area contributed by atoms with Crippen molar-refractivity contribution in [3.63, 3.8) is 0 Å². The summed E-state index contributed by atoms with van der Waals surface area (Å²) in [4.78, 5) is 0. The normalized spacial score (nSPS) is 32.5. The molecule has 2 atom stereocenters. The van der Waals surface area contributed by atoms with E-state index in [1.165, 1.54) is 32.1 Å². The summed E-state index contributed by atoms with van der Waals surface area (Å²) < 4.78 is 0. The lowest BCUT2D eigenvalue weighted by Gasteiger charge is -2.10. The standard InChI is InChI=1S/C13H20/c1-3-10-5-6-13-9-11(7-10)8-12(13)4-2/h5,8,11,13H,3-4,6-7,9H2,1-2H3/t11-,13-/m0/s1. The Morgan fingerprint density at radius 1 is 1.31 bits per heavy atom. The van der Waals surface area contributed by atoms with Crippen LogP contribution in [0, 0.1) is 11.8 Å². The van der Waals surface area contributed by atoms with E-state index in [0.29, 0.717) is 0 Å². The number of allylic oxidation sites excluding steroid dienone is 4. The van der Waals surface area contributed by atoms with Crippen LogP contribution in [0.2, 0.25) is 0 Å². The Hall–Kier alpha value is -0.520. The van der Waals surface area contributed by atoms with Gasteiger partial charge in [-0.05, 0) is 43.9 Å². The molecule has 0 saturated carbocycles. The van der Waals surface area contributed by atoms with Gasteiger partial charge >= 0.3 is 0 Å². The Morgan fingerprint density at radius 3 is 2.85 bits per heavy atom. The average Bonchev–Trinajstić information content (AvgIpc) is 2.39. The van der Waals surface area contributed by atoms with Gasteiger partial charge in [0.05, 0.1) is 0 Å². The van der Waals surface area contributed by atoms with Gasteiger partial charge in [-0.1, -0.05) is 37.1 Å². The summed E-state index contributed by atoms with van der Waals surface area (Å²) in [5, 5.41) is 0.